The van der Waals surface area contributed by atoms with Crippen LogP contribution < -0.4 is 0 Å². The molecule has 2 rings (SSSR count). The second kappa shape index (κ2) is 8.01. The first-order chi connectivity index (χ1) is 14.4. The van der Waals surface area contributed by atoms with Gasteiger partial charge < -0.3 is 15.3 Å². The number of rotatable bonds is 5. The van der Waals surface area contributed by atoms with Gasteiger partial charge in [-0.3, -0.25) is 19.2 Å². The van der Waals surface area contributed by atoms with Crippen molar-refractivity contribution >= 4 is 23.1 Å². The molecule has 1 aromatic rings. The lowest BCUT2D eigenvalue weighted by Gasteiger charge is -2.44. The van der Waals surface area contributed by atoms with Gasteiger partial charge in [-0.2, -0.15) is 0 Å². The molecule has 1 atom stereocenters. The Morgan fingerprint density at radius 1 is 0.812 bits per heavy atom. The third-order valence-corrected chi connectivity index (χ3v) is 6.81. The third-order valence-electron chi connectivity index (χ3n) is 6.81. The molecule has 0 bridgehead atoms. The molecule has 1 saturated carbocycles. The predicted molar refractivity (Wildman–Crippen MR) is 119 cm³/mol. The molecule has 0 saturated heterocycles. The summed E-state index contributed by atoms with van der Waals surface area (Å²) in [5.74, 6) is -7.19. The van der Waals surface area contributed by atoms with Gasteiger partial charge in [0, 0.05) is 23.0 Å². The summed E-state index contributed by atoms with van der Waals surface area (Å²) in [6, 6.07) is 0. The fourth-order valence-electron chi connectivity index (χ4n) is 4.81. The van der Waals surface area contributed by atoms with Gasteiger partial charge in [-0.1, -0.05) is 27.7 Å². The average Bonchev–Trinajstić information content (AvgIpc) is 2.68. The molecule has 0 amide bonds. The number of Topliss-reactive ketones (excluding diaryl/α,β-unsaturated/α-hetero) is 4. The fraction of sp³-hybridized carbons (Fsp3) is 0.600. The van der Waals surface area contributed by atoms with Crippen LogP contribution in [0.15, 0.2) is 0 Å². The van der Waals surface area contributed by atoms with Crippen LogP contribution in [0.25, 0.3) is 0 Å². The molecule has 0 radical (unpaired) electrons. The van der Waals surface area contributed by atoms with E-state index in [2.05, 4.69) is 0 Å². The van der Waals surface area contributed by atoms with Crippen molar-refractivity contribution in [1.82, 2.24) is 0 Å². The lowest BCUT2D eigenvalue weighted by atomic mass is 9.54. The molecule has 0 heterocycles. The molecule has 32 heavy (non-hydrogen) atoms. The van der Waals surface area contributed by atoms with Crippen molar-refractivity contribution < 1.29 is 34.5 Å². The van der Waals surface area contributed by atoms with Crippen LogP contribution in [-0.4, -0.2) is 38.5 Å². The fourth-order valence-corrected chi connectivity index (χ4v) is 4.81. The minimum Gasteiger partial charge on any atom is -0.507 e. The Balaban J connectivity index is 2.92. The highest BCUT2D eigenvalue weighted by molar-refractivity contribution is 6.28. The minimum atomic E-state index is -1.44. The predicted octanol–water partition coefficient (Wildman–Crippen LogP) is 4.08. The van der Waals surface area contributed by atoms with Crippen LogP contribution in [0.4, 0.5) is 0 Å². The smallest absolute Gasteiger partial charge is 0.172 e. The van der Waals surface area contributed by atoms with E-state index < -0.39 is 74.9 Å². The van der Waals surface area contributed by atoms with E-state index in [1.807, 2.05) is 0 Å². The first-order valence-corrected chi connectivity index (χ1v) is 10.9. The van der Waals surface area contributed by atoms with Crippen LogP contribution in [0, 0.1) is 35.5 Å². The average molecular weight is 447 g/mol. The van der Waals surface area contributed by atoms with Crippen molar-refractivity contribution in [2.45, 2.75) is 68.2 Å². The highest BCUT2D eigenvalue weighted by Crippen LogP contribution is 2.53. The molecule has 1 aliphatic carbocycles. The number of aromatic hydroxyl groups is 3. The normalized spacial score (nSPS) is 19.7. The van der Waals surface area contributed by atoms with Gasteiger partial charge >= 0.3 is 0 Å². The maximum Gasteiger partial charge on any atom is 0.172 e. The Hall–Kier alpha value is -2.70. The van der Waals surface area contributed by atoms with Gasteiger partial charge in [0.25, 0.3) is 0 Å². The Morgan fingerprint density at radius 2 is 1.25 bits per heavy atom. The lowest BCUT2D eigenvalue weighted by Crippen LogP contribution is -2.59. The first-order valence-electron chi connectivity index (χ1n) is 10.9. The number of phenolic OH excluding ortho intramolecular Hbond substituents is 3. The zero-order valence-corrected chi connectivity index (χ0v) is 20.3. The molecular formula is C25H34O7. The molecule has 7 nitrogen and oxygen atoms in total. The Morgan fingerprint density at radius 3 is 1.62 bits per heavy atom. The van der Waals surface area contributed by atoms with Crippen LogP contribution in [0.2, 0.25) is 0 Å². The van der Waals surface area contributed by atoms with Crippen molar-refractivity contribution in [3.05, 3.63) is 16.7 Å². The highest BCUT2D eigenvalue weighted by atomic mass is 16.3. The zero-order chi connectivity index (χ0) is 25.1. The second-order valence-corrected chi connectivity index (χ2v) is 10.5. The van der Waals surface area contributed by atoms with Crippen LogP contribution in [0.3, 0.4) is 0 Å². The summed E-state index contributed by atoms with van der Waals surface area (Å²) in [4.78, 5) is 52.6. The minimum absolute atomic E-state index is 0.0299. The number of carbonyl (C=O) groups is 4. The molecule has 0 aliphatic heterocycles. The Bertz CT molecular complexity index is 982. The van der Waals surface area contributed by atoms with Crippen LogP contribution in [-0.2, 0) is 14.4 Å². The monoisotopic (exact) mass is 446 g/mol. The highest BCUT2D eigenvalue weighted by Gasteiger charge is 2.60. The summed E-state index contributed by atoms with van der Waals surface area (Å²) in [5.41, 5.74) is -3.39. The molecule has 3 N–H and O–H groups in total. The standard InChI is InChI=1S/C25H34O7/c1-10(2)13(15-21(30)24(6,7)23(32)25(8,9)22(15)31)14-18(27)12(5)19(28)16(20(14)29)17(26)11(3)4/h10-11,13,15,27-29H,1-9H3. The maximum atomic E-state index is 13.5. The number of hydrogen-bond donors (Lipinski definition) is 3. The van der Waals surface area contributed by atoms with Crippen molar-refractivity contribution in [1.29, 1.82) is 0 Å². The summed E-state index contributed by atoms with van der Waals surface area (Å²) < 4.78 is 0. The van der Waals surface area contributed by atoms with Crippen molar-refractivity contribution in [3.8, 4) is 17.2 Å². The SMILES string of the molecule is Cc1c(O)c(C(=O)C(C)C)c(O)c(C(C(C)C)C2C(=O)C(C)(C)C(=O)C(C)(C)C2=O)c1O. The van der Waals surface area contributed by atoms with Crippen LogP contribution in [0.5, 0.6) is 17.2 Å². The van der Waals surface area contributed by atoms with Gasteiger partial charge in [0.05, 0.1) is 16.7 Å². The molecule has 1 aromatic carbocycles. The molecule has 1 fully saturated rings. The van der Waals surface area contributed by atoms with E-state index in [0.717, 1.165) is 0 Å². The van der Waals surface area contributed by atoms with Crippen molar-refractivity contribution in [3.63, 3.8) is 0 Å². The van der Waals surface area contributed by atoms with Crippen molar-refractivity contribution in [2.24, 2.45) is 28.6 Å². The van der Waals surface area contributed by atoms with E-state index in [4.69, 9.17) is 0 Å². The molecule has 176 valence electrons. The number of carbonyl (C=O) groups excluding carboxylic acids is 4. The largest absolute Gasteiger partial charge is 0.507 e. The number of benzene rings is 1. The lowest BCUT2D eigenvalue weighted by molar-refractivity contribution is -0.161. The van der Waals surface area contributed by atoms with Gasteiger partial charge in [-0.25, -0.2) is 0 Å². The van der Waals surface area contributed by atoms with Gasteiger partial charge in [0.2, 0.25) is 0 Å². The summed E-state index contributed by atoms with van der Waals surface area (Å²) in [6.07, 6.45) is 0. The number of ketones is 4. The second-order valence-electron chi connectivity index (χ2n) is 10.5. The Labute approximate surface area is 188 Å². The summed E-state index contributed by atoms with van der Waals surface area (Å²) in [6.45, 7) is 14.0. The molecule has 0 aromatic heterocycles. The molecule has 0 spiro atoms. The van der Waals surface area contributed by atoms with E-state index >= 15 is 0 Å². The van der Waals surface area contributed by atoms with E-state index in [1.165, 1.54) is 34.6 Å². The van der Waals surface area contributed by atoms with Gasteiger partial charge in [-0.15, -0.1) is 0 Å². The van der Waals surface area contributed by atoms with Crippen molar-refractivity contribution in [2.75, 3.05) is 0 Å². The maximum absolute atomic E-state index is 13.5. The summed E-state index contributed by atoms with van der Waals surface area (Å²) >= 11 is 0. The first kappa shape index (κ1) is 25.6. The van der Waals surface area contributed by atoms with E-state index in [0.29, 0.717) is 0 Å². The van der Waals surface area contributed by atoms with E-state index in [9.17, 15) is 34.5 Å². The van der Waals surface area contributed by atoms with Crippen LogP contribution >= 0.6 is 0 Å². The van der Waals surface area contributed by atoms with Crippen LogP contribution in [0.1, 0.15) is 82.8 Å². The topological polar surface area (TPSA) is 129 Å². The molecule has 1 unspecified atom stereocenters. The number of hydrogen-bond acceptors (Lipinski definition) is 7. The quantitative estimate of drug-likeness (QED) is 0.459. The summed E-state index contributed by atoms with van der Waals surface area (Å²) in [7, 11) is 0. The van der Waals surface area contributed by atoms with Gasteiger partial charge in [-0.05, 0) is 40.5 Å². The molecular weight excluding hydrogens is 412 g/mol. The molecule has 7 heteroatoms. The number of phenols is 3. The third kappa shape index (κ3) is 3.51. The van der Waals surface area contributed by atoms with Gasteiger partial charge in [0.1, 0.15) is 22.8 Å². The summed E-state index contributed by atoms with van der Waals surface area (Å²) in [5, 5.41) is 32.5. The van der Waals surface area contributed by atoms with E-state index in [1.54, 1.807) is 27.7 Å². The van der Waals surface area contributed by atoms with Gasteiger partial charge in [0.15, 0.2) is 23.1 Å². The zero-order valence-electron chi connectivity index (χ0n) is 20.3. The Kier molecular flexibility index (Phi) is 6.40. The molecule has 1 aliphatic rings. The van der Waals surface area contributed by atoms with E-state index in [-0.39, 0.29) is 16.7 Å².